The zero-order valence-corrected chi connectivity index (χ0v) is 8.00. The smallest absolute Gasteiger partial charge is 0.0120 e. The number of nitrogens with two attached hydrogens (primary N) is 1. The molecule has 70 valence electrons. The minimum absolute atomic E-state index is 0.526. The molecule has 0 radical (unpaired) electrons. The molecular formula is C10H20N2. The average molecular weight is 168 g/mol. The van der Waals surface area contributed by atoms with E-state index in [0.29, 0.717) is 6.04 Å². The highest BCUT2D eigenvalue weighted by Gasteiger charge is 2.39. The number of likely N-dealkylation sites (tertiary alicyclic amines) is 1. The van der Waals surface area contributed by atoms with E-state index in [9.17, 15) is 0 Å². The normalized spacial score (nSPS) is 42.0. The predicted molar refractivity (Wildman–Crippen MR) is 50.9 cm³/mol. The Balaban J connectivity index is 1.93. The third-order valence-electron chi connectivity index (χ3n) is 3.52. The first-order chi connectivity index (χ1) is 5.81. The van der Waals surface area contributed by atoms with Crippen molar-refractivity contribution >= 4 is 0 Å². The molecule has 1 saturated carbocycles. The van der Waals surface area contributed by atoms with E-state index in [1.54, 1.807) is 0 Å². The van der Waals surface area contributed by atoms with E-state index in [4.69, 9.17) is 5.73 Å². The molecule has 0 spiro atoms. The van der Waals surface area contributed by atoms with Crippen LogP contribution >= 0.6 is 0 Å². The molecule has 12 heavy (non-hydrogen) atoms. The molecule has 1 heterocycles. The quantitative estimate of drug-likeness (QED) is 0.668. The lowest BCUT2D eigenvalue weighted by atomic mass is 9.93. The van der Waals surface area contributed by atoms with Crippen molar-refractivity contribution in [3.05, 3.63) is 0 Å². The number of hydrogen-bond donors (Lipinski definition) is 1. The van der Waals surface area contributed by atoms with Gasteiger partial charge in [0.05, 0.1) is 0 Å². The summed E-state index contributed by atoms with van der Waals surface area (Å²) in [4.78, 5) is 2.60. The van der Waals surface area contributed by atoms with Crippen LogP contribution in [0.25, 0.3) is 0 Å². The molecule has 1 aliphatic heterocycles. The van der Waals surface area contributed by atoms with Gasteiger partial charge >= 0.3 is 0 Å². The third-order valence-corrected chi connectivity index (χ3v) is 3.52. The largest absolute Gasteiger partial charge is 0.327 e. The Hall–Kier alpha value is -0.0800. The first-order valence-electron chi connectivity index (χ1n) is 5.29. The van der Waals surface area contributed by atoms with Crippen molar-refractivity contribution in [1.29, 1.82) is 0 Å². The monoisotopic (exact) mass is 168 g/mol. The first kappa shape index (κ1) is 8.52. The van der Waals surface area contributed by atoms with Gasteiger partial charge in [0.25, 0.3) is 0 Å². The van der Waals surface area contributed by atoms with Crippen LogP contribution in [-0.2, 0) is 0 Å². The molecule has 2 N–H and O–H groups in total. The second-order valence-corrected chi connectivity index (χ2v) is 4.43. The van der Waals surface area contributed by atoms with Crippen LogP contribution in [0.15, 0.2) is 0 Å². The predicted octanol–water partition coefficient (Wildman–Crippen LogP) is 1.07. The molecule has 2 nitrogen and oxygen atoms in total. The Labute approximate surface area is 75.1 Å². The fraction of sp³-hybridized carbons (Fsp3) is 1.00. The lowest BCUT2D eigenvalue weighted by molar-refractivity contribution is 0.147. The Morgan fingerprint density at radius 1 is 1.25 bits per heavy atom. The summed E-state index contributed by atoms with van der Waals surface area (Å²) in [7, 11) is 0. The molecule has 2 aliphatic rings. The van der Waals surface area contributed by atoms with E-state index in [0.717, 1.165) is 11.8 Å². The molecule has 2 rings (SSSR count). The second-order valence-electron chi connectivity index (χ2n) is 4.43. The van der Waals surface area contributed by atoms with E-state index in [2.05, 4.69) is 11.8 Å². The van der Waals surface area contributed by atoms with E-state index < -0.39 is 0 Å². The van der Waals surface area contributed by atoms with Gasteiger partial charge in [-0.3, -0.25) is 0 Å². The number of nitrogens with zero attached hydrogens (tertiary/aromatic N) is 1. The first-order valence-corrected chi connectivity index (χ1v) is 5.29. The van der Waals surface area contributed by atoms with Gasteiger partial charge in [-0.15, -0.1) is 0 Å². The summed E-state index contributed by atoms with van der Waals surface area (Å²) in [5, 5.41) is 0. The summed E-state index contributed by atoms with van der Waals surface area (Å²) in [6.45, 7) is 6.08. The Kier molecular flexibility index (Phi) is 2.37. The highest BCUT2D eigenvalue weighted by molar-refractivity contribution is 4.95. The zero-order chi connectivity index (χ0) is 8.55. The molecule has 0 amide bonds. The number of fused-ring (bicyclic) bond motifs is 2. The molecule has 0 aromatic carbocycles. The van der Waals surface area contributed by atoms with Crippen LogP contribution in [-0.4, -0.2) is 30.6 Å². The van der Waals surface area contributed by atoms with Crippen LogP contribution in [0.2, 0.25) is 0 Å². The van der Waals surface area contributed by atoms with E-state index >= 15 is 0 Å². The minimum atomic E-state index is 0.526. The van der Waals surface area contributed by atoms with Gasteiger partial charge in [-0.05, 0) is 37.6 Å². The lowest BCUT2D eigenvalue weighted by Gasteiger charge is -2.35. The van der Waals surface area contributed by atoms with Crippen molar-refractivity contribution in [2.75, 3.05) is 19.6 Å². The summed E-state index contributed by atoms with van der Waals surface area (Å²) < 4.78 is 0. The fourth-order valence-electron chi connectivity index (χ4n) is 2.86. The van der Waals surface area contributed by atoms with E-state index in [-0.39, 0.29) is 0 Å². The molecule has 3 atom stereocenters. The molecule has 1 saturated heterocycles. The van der Waals surface area contributed by atoms with Crippen LogP contribution < -0.4 is 5.73 Å². The van der Waals surface area contributed by atoms with Crippen LogP contribution in [0.3, 0.4) is 0 Å². The number of hydrogen-bond acceptors (Lipinski definition) is 2. The highest BCUT2D eigenvalue weighted by atomic mass is 15.1. The Bertz CT molecular complexity index is 144. The molecule has 0 aromatic rings. The molecule has 2 bridgehead atoms. The van der Waals surface area contributed by atoms with Gasteiger partial charge in [0.15, 0.2) is 0 Å². The highest BCUT2D eigenvalue weighted by Crippen LogP contribution is 2.35. The molecule has 0 unspecified atom stereocenters. The molecule has 2 heteroatoms. The standard InChI is InChI=1S/C10H20N2/c1-2-5-12-6-8-3-4-9(7-12)10(8)11/h8-10H,2-7,11H2,1H3/t8-,9+,10+. The average Bonchev–Trinajstić information content (AvgIpc) is 2.33. The molecule has 2 fully saturated rings. The summed E-state index contributed by atoms with van der Waals surface area (Å²) in [5.74, 6) is 1.63. The van der Waals surface area contributed by atoms with Crippen molar-refractivity contribution in [2.45, 2.75) is 32.2 Å². The maximum absolute atomic E-state index is 6.12. The van der Waals surface area contributed by atoms with Gasteiger partial charge in [-0.25, -0.2) is 0 Å². The van der Waals surface area contributed by atoms with Crippen LogP contribution in [0, 0.1) is 11.8 Å². The lowest BCUT2D eigenvalue weighted by Crippen LogP contribution is -2.48. The Morgan fingerprint density at radius 3 is 2.33 bits per heavy atom. The fourth-order valence-corrected chi connectivity index (χ4v) is 2.86. The van der Waals surface area contributed by atoms with Crippen LogP contribution in [0.4, 0.5) is 0 Å². The van der Waals surface area contributed by atoms with E-state index in [1.807, 2.05) is 0 Å². The van der Waals surface area contributed by atoms with Crippen LogP contribution in [0.5, 0.6) is 0 Å². The van der Waals surface area contributed by atoms with Gasteiger partial charge < -0.3 is 10.6 Å². The molecule has 0 aromatic heterocycles. The molecule has 1 aliphatic carbocycles. The van der Waals surface area contributed by atoms with Crippen molar-refractivity contribution in [1.82, 2.24) is 4.90 Å². The third kappa shape index (κ3) is 1.38. The van der Waals surface area contributed by atoms with Gasteiger partial charge in [0.1, 0.15) is 0 Å². The summed E-state index contributed by atoms with van der Waals surface area (Å²) in [6, 6.07) is 0.526. The number of piperidine rings is 1. The summed E-state index contributed by atoms with van der Waals surface area (Å²) in [5.41, 5.74) is 6.12. The van der Waals surface area contributed by atoms with Crippen molar-refractivity contribution in [3.63, 3.8) is 0 Å². The minimum Gasteiger partial charge on any atom is -0.327 e. The second kappa shape index (κ2) is 3.35. The van der Waals surface area contributed by atoms with Crippen molar-refractivity contribution in [2.24, 2.45) is 17.6 Å². The van der Waals surface area contributed by atoms with Crippen molar-refractivity contribution in [3.8, 4) is 0 Å². The van der Waals surface area contributed by atoms with Gasteiger partial charge in [0.2, 0.25) is 0 Å². The molecular weight excluding hydrogens is 148 g/mol. The van der Waals surface area contributed by atoms with Gasteiger partial charge in [-0.2, -0.15) is 0 Å². The zero-order valence-electron chi connectivity index (χ0n) is 8.00. The van der Waals surface area contributed by atoms with Crippen molar-refractivity contribution < 1.29 is 0 Å². The van der Waals surface area contributed by atoms with Gasteiger partial charge in [0, 0.05) is 19.1 Å². The van der Waals surface area contributed by atoms with Gasteiger partial charge in [-0.1, -0.05) is 6.92 Å². The number of rotatable bonds is 2. The van der Waals surface area contributed by atoms with Crippen LogP contribution in [0.1, 0.15) is 26.2 Å². The SMILES string of the molecule is CCCN1C[C@H]2CC[C@@H](C1)[C@H]2N. The maximum atomic E-state index is 6.12. The Morgan fingerprint density at radius 2 is 1.83 bits per heavy atom. The maximum Gasteiger partial charge on any atom is 0.0120 e. The summed E-state index contributed by atoms with van der Waals surface area (Å²) >= 11 is 0. The topological polar surface area (TPSA) is 29.3 Å². The van der Waals surface area contributed by atoms with E-state index in [1.165, 1.54) is 38.9 Å². The summed E-state index contributed by atoms with van der Waals surface area (Å²) in [6.07, 6.45) is 4.05.